The van der Waals surface area contributed by atoms with Crippen LogP contribution in [0.2, 0.25) is 0 Å². The summed E-state index contributed by atoms with van der Waals surface area (Å²) in [6, 6.07) is 6.43. The first kappa shape index (κ1) is 14.0. The molecule has 1 amide bonds. The summed E-state index contributed by atoms with van der Waals surface area (Å²) in [7, 11) is 0. The molecule has 20 heavy (non-hydrogen) atoms. The normalized spacial score (nSPS) is 10.8. The van der Waals surface area contributed by atoms with Gasteiger partial charge in [0.05, 0.1) is 6.26 Å². The van der Waals surface area contributed by atoms with Gasteiger partial charge in [0.15, 0.2) is 5.76 Å². The Kier molecular flexibility index (Phi) is 4.34. The van der Waals surface area contributed by atoms with Gasteiger partial charge in [0.2, 0.25) is 5.91 Å². The molecular weight excluding hydrogens is 258 g/mol. The predicted molar refractivity (Wildman–Crippen MR) is 74.0 cm³/mol. The van der Waals surface area contributed by atoms with Crippen LogP contribution in [0.4, 0.5) is 0 Å². The fraction of sp³-hybridized carbons (Fsp3) is 0.357. The Morgan fingerprint density at radius 3 is 2.85 bits per heavy atom. The standard InChI is InChI=1S/C14H17N3O3/c1-10(2)8-15-13(18)9-17-14(19)6-5-11(16-17)12-4-3-7-20-12/h3-7,10H,8-9H2,1-2H3,(H,15,18). The Morgan fingerprint density at radius 1 is 1.40 bits per heavy atom. The zero-order valence-electron chi connectivity index (χ0n) is 11.5. The third kappa shape index (κ3) is 3.57. The van der Waals surface area contributed by atoms with Gasteiger partial charge in [-0.05, 0) is 24.1 Å². The van der Waals surface area contributed by atoms with E-state index in [2.05, 4.69) is 10.4 Å². The Hall–Kier alpha value is -2.37. The molecule has 2 aromatic rings. The van der Waals surface area contributed by atoms with E-state index in [1.165, 1.54) is 12.3 Å². The van der Waals surface area contributed by atoms with Gasteiger partial charge in [0.1, 0.15) is 12.2 Å². The van der Waals surface area contributed by atoms with Gasteiger partial charge >= 0.3 is 0 Å². The highest BCUT2D eigenvalue weighted by Crippen LogP contribution is 2.14. The van der Waals surface area contributed by atoms with Crippen LogP contribution in [-0.2, 0) is 11.3 Å². The van der Waals surface area contributed by atoms with Crippen molar-refractivity contribution in [3.05, 3.63) is 40.9 Å². The molecule has 2 rings (SSSR count). The molecule has 0 radical (unpaired) electrons. The lowest BCUT2D eigenvalue weighted by atomic mass is 10.2. The third-order valence-electron chi connectivity index (χ3n) is 2.64. The summed E-state index contributed by atoms with van der Waals surface area (Å²) in [5, 5.41) is 6.88. The van der Waals surface area contributed by atoms with E-state index in [9.17, 15) is 9.59 Å². The van der Waals surface area contributed by atoms with Gasteiger partial charge in [-0.3, -0.25) is 9.59 Å². The number of hydrogen-bond acceptors (Lipinski definition) is 4. The minimum Gasteiger partial charge on any atom is -0.463 e. The second-order valence-electron chi connectivity index (χ2n) is 4.89. The van der Waals surface area contributed by atoms with Crippen LogP contribution in [0.25, 0.3) is 11.5 Å². The number of rotatable bonds is 5. The molecule has 6 heteroatoms. The molecule has 0 unspecified atom stereocenters. The van der Waals surface area contributed by atoms with Gasteiger partial charge in [-0.1, -0.05) is 13.8 Å². The van der Waals surface area contributed by atoms with Crippen molar-refractivity contribution in [2.45, 2.75) is 20.4 Å². The highest BCUT2D eigenvalue weighted by Gasteiger charge is 2.09. The van der Waals surface area contributed by atoms with Gasteiger partial charge < -0.3 is 9.73 Å². The van der Waals surface area contributed by atoms with Crippen molar-refractivity contribution in [2.75, 3.05) is 6.54 Å². The monoisotopic (exact) mass is 275 g/mol. The fourth-order valence-corrected chi connectivity index (χ4v) is 1.63. The molecule has 0 saturated heterocycles. The summed E-state index contributed by atoms with van der Waals surface area (Å²) < 4.78 is 6.35. The summed E-state index contributed by atoms with van der Waals surface area (Å²) >= 11 is 0. The van der Waals surface area contributed by atoms with E-state index in [0.717, 1.165) is 4.68 Å². The van der Waals surface area contributed by atoms with Crippen molar-refractivity contribution in [1.29, 1.82) is 0 Å². The average molecular weight is 275 g/mol. The maximum Gasteiger partial charge on any atom is 0.267 e. The number of amides is 1. The first-order chi connectivity index (χ1) is 9.56. The van der Waals surface area contributed by atoms with E-state index < -0.39 is 0 Å². The number of furan rings is 1. The van der Waals surface area contributed by atoms with Crippen LogP contribution in [0.1, 0.15) is 13.8 Å². The van der Waals surface area contributed by atoms with E-state index in [1.807, 2.05) is 13.8 Å². The summed E-state index contributed by atoms with van der Waals surface area (Å²) in [5.74, 6) is 0.685. The summed E-state index contributed by atoms with van der Waals surface area (Å²) in [4.78, 5) is 23.4. The van der Waals surface area contributed by atoms with E-state index in [-0.39, 0.29) is 18.0 Å². The van der Waals surface area contributed by atoms with Gasteiger partial charge in [-0.2, -0.15) is 5.10 Å². The van der Waals surface area contributed by atoms with Crippen LogP contribution in [0, 0.1) is 5.92 Å². The molecule has 1 N–H and O–H groups in total. The summed E-state index contributed by atoms with van der Waals surface area (Å²) in [5.41, 5.74) is 0.200. The molecular formula is C14H17N3O3. The van der Waals surface area contributed by atoms with Gasteiger partial charge in [0.25, 0.3) is 5.56 Å². The second-order valence-corrected chi connectivity index (χ2v) is 4.89. The molecule has 0 aliphatic rings. The molecule has 0 aromatic carbocycles. The summed E-state index contributed by atoms with van der Waals surface area (Å²) in [6.07, 6.45) is 1.53. The summed E-state index contributed by atoms with van der Waals surface area (Å²) in [6.45, 7) is 4.48. The van der Waals surface area contributed by atoms with Crippen molar-refractivity contribution in [3.63, 3.8) is 0 Å². The first-order valence-corrected chi connectivity index (χ1v) is 6.45. The maximum atomic E-state index is 11.7. The number of nitrogens with one attached hydrogen (secondary N) is 1. The Bertz CT molecular complexity index is 629. The van der Waals surface area contributed by atoms with Crippen LogP contribution in [0.15, 0.2) is 39.7 Å². The van der Waals surface area contributed by atoms with Gasteiger partial charge in [0, 0.05) is 12.6 Å². The van der Waals surface area contributed by atoms with Crippen LogP contribution in [0.5, 0.6) is 0 Å². The molecule has 0 fully saturated rings. The Balaban J connectivity index is 2.13. The topological polar surface area (TPSA) is 77.1 Å². The molecule has 0 spiro atoms. The molecule has 0 bridgehead atoms. The van der Waals surface area contributed by atoms with Crippen molar-refractivity contribution in [2.24, 2.45) is 5.92 Å². The second kappa shape index (κ2) is 6.18. The molecule has 0 aliphatic heterocycles. The number of nitrogens with zero attached hydrogens (tertiary/aromatic N) is 2. The first-order valence-electron chi connectivity index (χ1n) is 6.45. The van der Waals surface area contributed by atoms with Crippen LogP contribution < -0.4 is 10.9 Å². The van der Waals surface area contributed by atoms with E-state index >= 15 is 0 Å². The third-order valence-corrected chi connectivity index (χ3v) is 2.64. The fourth-order valence-electron chi connectivity index (χ4n) is 1.63. The molecule has 0 aliphatic carbocycles. The van der Waals surface area contributed by atoms with E-state index in [0.29, 0.717) is 23.9 Å². The molecule has 6 nitrogen and oxygen atoms in total. The zero-order valence-corrected chi connectivity index (χ0v) is 11.5. The number of carbonyl (C=O) groups is 1. The van der Waals surface area contributed by atoms with Crippen LogP contribution in [-0.4, -0.2) is 22.2 Å². The number of carbonyl (C=O) groups excluding carboxylic acids is 1. The molecule has 106 valence electrons. The minimum absolute atomic E-state index is 0.0971. The lowest BCUT2D eigenvalue weighted by Gasteiger charge is -2.09. The van der Waals surface area contributed by atoms with Crippen LogP contribution in [0.3, 0.4) is 0 Å². The van der Waals surface area contributed by atoms with Gasteiger partial charge in [-0.15, -0.1) is 0 Å². The van der Waals surface area contributed by atoms with Crippen molar-refractivity contribution in [1.82, 2.24) is 15.1 Å². The molecule has 2 heterocycles. The average Bonchev–Trinajstić information content (AvgIpc) is 2.93. The highest BCUT2D eigenvalue weighted by atomic mass is 16.3. The van der Waals surface area contributed by atoms with Crippen molar-refractivity contribution >= 4 is 5.91 Å². The molecule has 0 atom stereocenters. The zero-order chi connectivity index (χ0) is 14.5. The Labute approximate surface area is 116 Å². The highest BCUT2D eigenvalue weighted by molar-refractivity contribution is 5.75. The minimum atomic E-state index is -0.319. The van der Waals surface area contributed by atoms with E-state index in [4.69, 9.17) is 4.42 Å². The maximum absolute atomic E-state index is 11.7. The molecule has 0 saturated carbocycles. The SMILES string of the molecule is CC(C)CNC(=O)Cn1nc(-c2ccco2)ccc1=O. The molecule has 2 aromatic heterocycles. The van der Waals surface area contributed by atoms with Crippen molar-refractivity contribution in [3.8, 4) is 11.5 Å². The van der Waals surface area contributed by atoms with Crippen LogP contribution >= 0.6 is 0 Å². The largest absolute Gasteiger partial charge is 0.463 e. The van der Waals surface area contributed by atoms with E-state index in [1.54, 1.807) is 18.2 Å². The van der Waals surface area contributed by atoms with Crippen molar-refractivity contribution < 1.29 is 9.21 Å². The number of aromatic nitrogens is 2. The lowest BCUT2D eigenvalue weighted by Crippen LogP contribution is -2.35. The smallest absolute Gasteiger partial charge is 0.267 e. The van der Waals surface area contributed by atoms with Gasteiger partial charge in [-0.25, -0.2) is 4.68 Å². The predicted octanol–water partition coefficient (Wildman–Crippen LogP) is 1.28. The Morgan fingerprint density at radius 2 is 2.20 bits per heavy atom. The number of hydrogen-bond donors (Lipinski definition) is 1. The quantitative estimate of drug-likeness (QED) is 0.891. The lowest BCUT2D eigenvalue weighted by molar-refractivity contribution is -0.122.